The Labute approximate surface area is 135 Å². The summed E-state index contributed by atoms with van der Waals surface area (Å²) in [6.45, 7) is 4.03. The van der Waals surface area contributed by atoms with Crippen LogP contribution in [0.3, 0.4) is 0 Å². The van der Waals surface area contributed by atoms with Crippen molar-refractivity contribution >= 4 is 17.2 Å². The Kier molecular flexibility index (Phi) is 5.44. The number of carbonyl (C=O) groups excluding carboxylic acids is 1. The Balaban J connectivity index is 2.11. The van der Waals surface area contributed by atoms with Crippen molar-refractivity contribution in [3.05, 3.63) is 45.6 Å². The normalized spacial score (nSPS) is 11.8. The van der Waals surface area contributed by atoms with Crippen LogP contribution in [0.15, 0.2) is 29.6 Å². The number of nitrogens with one attached hydrogen (secondary N) is 1. The van der Waals surface area contributed by atoms with E-state index in [1.54, 1.807) is 25.6 Å². The molecule has 0 aliphatic rings. The molecule has 1 aromatic heterocycles. The van der Waals surface area contributed by atoms with Gasteiger partial charge in [0.2, 0.25) is 0 Å². The third-order valence-corrected chi connectivity index (χ3v) is 4.60. The van der Waals surface area contributed by atoms with Gasteiger partial charge in [0.1, 0.15) is 0 Å². The minimum absolute atomic E-state index is 0.0572. The topological polar surface area (TPSA) is 47.6 Å². The van der Waals surface area contributed by atoms with Crippen molar-refractivity contribution in [2.75, 3.05) is 14.2 Å². The van der Waals surface area contributed by atoms with Gasteiger partial charge in [-0.1, -0.05) is 13.0 Å². The van der Waals surface area contributed by atoms with Crippen LogP contribution in [0.5, 0.6) is 11.5 Å². The van der Waals surface area contributed by atoms with E-state index in [1.165, 1.54) is 4.88 Å². The standard InChI is InChI=1S/C17H21NO3S/c1-5-14-8-13(10-22-14)17(19)18-11(2)12-6-7-15(20-3)16(9-12)21-4/h6-11H,5H2,1-4H3,(H,18,19)/t11-/m0/s1. The van der Waals surface area contributed by atoms with Gasteiger partial charge in [0.25, 0.3) is 5.91 Å². The van der Waals surface area contributed by atoms with Crippen LogP contribution in [0, 0.1) is 0 Å². The first-order valence-electron chi connectivity index (χ1n) is 7.19. The van der Waals surface area contributed by atoms with Gasteiger partial charge in [-0.15, -0.1) is 11.3 Å². The molecule has 0 aliphatic heterocycles. The quantitative estimate of drug-likeness (QED) is 0.880. The summed E-state index contributed by atoms with van der Waals surface area (Å²) in [5, 5.41) is 4.91. The molecule has 5 heteroatoms. The molecule has 0 aliphatic carbocycles. The lowest BCUT2D eigenvalue weighted by Crippen LogP contribution is -2.26. The largest absolute Gasteiger partial charge is 0.493 e. The molecule has 0 fully saturated rings. The first-order valence-corrected chi connectivity index (χ1v) is 8.07. The molecule has 1 heterocycles. The molecule has 4 nitrogen and oxygen atoms in total. The molecule has 0 saturated carbocycles. The molecule has 118 valence electrons. The number of thiophene rings is 1. The van der Waals surface area contributed by atoms with Gasteiger partial charge in [0.05, 0.1) is 25.8 Å². The number of amides is 1. The zero-order valence-corrected chi connectivity index (χ0v) is 14.1. The van der Waals surface area contributed by atoms with Crippen molar-refractivity contribution in [2.24, 2.45) is 0 Å². The number of methoxy groups -OCH3 is 2. The van der Waals surface area contributed by atoms with Crippen LogP contribution in [0.25, 0.3) is 0 Å². The van der Waals surface area contributed by atoms with Gasteiger partial charge in [-0.25, -0.2) is 0 Å². The van der Waals surface area contributed by atoms with E-state index in [0.29, 0.717) is 17.1 Å². The lowest BCUT2D eigenvalue weighted by atomic mass is 10.1. The van der Waals surface area contributed by atoms with Crippen LogP contribution in [0.1, 0.15) is 40.7 Å². The smallest absolute Gasteiger partial charge is 0.252 e. The highest BCUT2D eigenvalue weighted by Gasteiger charge is 2.14. The summed E-state index contributed by atoms with van der Waals surface area (Å²) < 4.78 is 10.5. The SMILES string of the molecule is CCc1cc(C(=O)N[C@@H](C)c2ccc(OC)c(OC)c2)cs1. The molecule has 1 aromatic carbocycles. The molecule has 2 rings (SSSR count). The lowest BCUT2D eigenvalue weighted by molar-refractivity contribution is 0.0940. The van der Waals surface area contributed by atoms with Gasteiger partial charge >= 0.3 is 0 Å². The Morgan fingerprint density at radius 1 is 1.23 bits per heavy atom. The molecule has 0 saturated heterocycles. The van der Waals surface area contributed by atoms with E-state index in [4.69, 9.17) is 9.47 Å². The fraction of sp³-hybridized carbons (Fsp3) is 0.353. The number of aryl methyl sites for hydroxylation is 1. The Morgan fingerprint density at radius 2 is 1.95 bits per heavy atom. The summed E-state index contributed by atoms with van der Waals surface area (Å²) in [5.74, 6) is 1.28. The van der Waals surface area contributed by atoms with Crippen LogP contribution in [0.2, 0.25) is 0 Å². The highest BCUT2D eigenvalue weighted by molar-refractivity contribution is 7.10. The molecule has 2 aromatic rings. The second kappa shape index (κ2) is 7.31. The van der Waals surface area contributed by atoms with Gasteiger partial charge in [-0.05, 0) is 37.1 Å². The van der Waals surface area contributed by atoms with E-state index < -0.39 is 0 Å². The van der Waals surface area contributed by atoms with Crippen LogP contribution < -0.4 is 14.8 Å². The third-order valence-electron chi connectivity index (χ3n) is 3.52. The van der Waals surface area contributed by atoms with E-state index in [-0.39, 0.29) is 11.9 Å². The predicted octanol–water partition coefficient (Wildman–Crippen LogP) is 3.82. The molecular formula is C17H21NO3S. The van der Waals surface area contributed by atoms with Gasteiger partial charge in [0, 0.05) is 10.3 Å². The molecule has 0 unspecified atom stereocenters. The summed E-state index contributed by atoms with van der Waals surface area (Å²) >= 11 is 1.61. The molecule has 0 spiro atoms. The van der Waals surface area contributed by atoms with E-state index in [1.807, 2.05) is 36.6 Å². The predicted molar refractivity (Wildman–Crippen MR) is 89.1 cm³/mol. The summed E-state index contributed by atoms with van der Waals surface area (Å²) in [6, 6.07) is 7.49. The van der Waals surface area contributed by atoms with Crippen molar-refractivity contribution < 1.29 is 14.3 Å². The number of carbonyl (C=O) groups is 1. The second-order valence-electron chi connectivity index (χ2n) is 4.96. The number of hydrogen-bond acceptors (Lipinski definition) is 4. The molecule has 22 heavy (non-hydrogen) atoms. The maximum absolute atomic E-state index is 12.3. The summed E-state index contributed by atoms with van der Waals surface area (Å²) in [6.07, 6.45) is 0.948. The fourth-order valence-corrected chi connectivity index (χ4v) is 2.99. The Hall–Kier alpha value is -2.01. The molecule has 1 amide bonds. The van der Waals surface area contributed by atoms with E-state index >= 15 is 0 Å². The highest BCUT2D eigenvalue weighted by atomic mass is 32.1. The Bertz CT molecular complexity index is 651. The van der Waals surface area contributed by atoms with Gasteiger partial charge in [-0.3, -0.25) is 4.79 Å². The first-order chi connectivity index (χ1) is 10.6. The molecule has 1 atom stereocenters. The van der Waals surface area contributed by atoms with Crippen molar-refractivity contribution in [3.63, 3.8) is 0 Å². The van der Waals surface area contributed by atoms with Crippen molar-refractivity contribution in [2.45, 2.75) is 26.3 Å². The van der Waals surface area contributed by atoms with Gasteiger partial charge in [-0.2, -0.15) is 0 Å². The monoisotopic (exact) mass is 319 g/mol. The van der Waals surface area contributed by atoms with Crippen LogP contribution >= 0.6 is 11.3 Å². The second-order valence-corrected chi connectivity index (χ2v) is 5.96. The van der Waals surface area contributed by atoms with Crippen molar-refractivity contribution in [3.8, 4) is 11.5 Å². The van der Waals surface area contributed by atoms with E-state index in [0.717, 1.165) is 12.0 Å². The van der Waals surface area contributed by atoms with E-state index in [9.17, 15) is 4.79 Å². The number of ether oxygens (including phenoxy) is 2. The van der Waals surface area contributed by atoms with Crippen molar-refractivity contribution in [1.82, 2.24) is 5.32 Å². The first kappa shape index (κ1) is 16.4. The van der Waals surface area contributed by atoms with Crippen LogP contribution in [-0.2, 0) is 6.42 Å². The van der Waals surface area contributed by atoms with Crippen LogP contribution in [-0.4, -0.2) is 20.1 Å². The van der Waals surface area contributed by atoms with Gasteiger partial charge < -0.3 is 14.8 Å². The van der Waals surface area contributed by atoms with Crippen molar-refractivity contribution in [1.29, 1.82) is 0 Å². The zero-order valence-electron chi connectivity index (χ0n) is 13.3. The molecule has 0 bridgehead atoms. The Morgan fingerprint density at radius 3 is 2.55 bits per heavy atom. The maximum Gasteiger partial charge on any atom is 0.252 e. The summed E-state index contributed by atoms with van der Waals surface area (Å²) in [7, 11) is 3.20. The van der Waals surface area contributed by atoms with E-state index in [2.05, 4.69) is 12.2 Å². The average molecular weight is 319 g/mol. The maximum atomic E-state index is 12.3. The van der Waals surface area contributed by atoms with Crippen LogP contribution in [0.4, 0.5) is 0 Å². The molecular weight excluding hydrogens is 298 g/mol. The highest BCUT2D eigenvalue weighted by Crippen LogP contribution is 2.30. The fourth-order valence-electron chi connectivity index (χ4n) is 2.17. The lowest BCUT2D eigenvalue weighted by Gasteiger charge is -2.16. The minimum Gasteiger partial charge on any atom is -0.493 e. The molecule has 0 radical (unpaired) electrons. The summed E-state index contributed by atoms with van der Waals surface area (Å²) in [4.78, 5) is 13.5. The number of rotatable bonds is 6. The number of benzene rings is 1. The van der Waals surface area contributed by atoms with Gasteiger partial charge in [0.15, 0.2) is 11.5 Å². The minimum atomic E-state index is -0.114. The molecule has 1 N–H and O–H groups in total. The zero-order chi connectivity index (χ0) is 16.1. The average Bonchev–Trinajstić information content (AvgIpc) is 3.03. The summed E-state index contributed by atoms with van der Waals surface area (Å²) in [5.41, 5.74) is 1.69. The third kappa shape index (κ3) is 3.60. The number of hydrogen-bond donors (Lipinski definition) is 1.